The molecule has 328 valence electrons. The Kier molecular flexibility index (Phi) is 39.5. The van der Waals surface area contributed by atoms with Crippen molar-refractivity contribution in [2.45, 2.75) is 244 Å². The number of halogens is 1. The van der Waals surface area contributed by atoms with E-state index in [1.807, 2.05) is 0 Å². The lowest BCUT2D eigenvalue weighted by molar-refractivity contribution is -0.154. The van der Waals surface area contributed by atoms with Gasteiger partial charge in [0.1, 0.15) is 11.9 Å². The number of carbonyl (C=O) groups excluding carboxylic acids is 3. The molecule has 1 rings (SSSR count). The van der Waals surface area contributed by atoms with Crippen molar-refractivity contribution in [1.29, 1.82) is 0 Å². The standard InChI is InChI=1S/C46H86N4O5.ClH/c1-3-5-7-9-11-13-15-17-19-21-23-25-27-29-31-33-37-54-44(51)40-42(50-45(52)41(47)39-43-48-35-36-49-43)46(53)55-38-34-32-30-28-26-24-22-20-18-16-14-12-10-8-6-4-2;/h35-36,41-42H,3-34,37-40,47H2,1-2H3,(H,48,49)(H,50,52);1H/p-1/t41-,42+;/m0./s1. The van der Waals surface area contributed by atoms with Crippen molar-refractivity contribution in [2.24, 2.45) is 5.73 Å². The summed E-state index contributed by atoms with van der Waals surface area (Å²) in [5.74, 6) is -1.11. The minimum Gasteiger partial charge on any atom is -1.00 e. The van der Waals surface area contributed by atoms with Crippen LogP contribution in [0.1, 0.15) is 232 Å². The van der Waals surface area contributed by atoms with Gasteiger partial charge in [0.15, 0.2) is 0 Å². The molecule has 2 atom stereocenters. The first-order chi connectivity index (χ1) is 27.0. The van der Waals surface area contributed by atoms with Crippen LogP contribution in [0.15, 0.2) is 12.4 Å². The lowest BCUT2D eigenvalue weighted by Crippen LogP contribution is -3.00. The zero-order chi connectivity index (χ0) is 39.9. The Balaban J connectivity index is 0.0000302. The van der Waals surface area contributed by atoms with Crippen molar-refractivity contribution in [3.8, 4) is 0 Å². The molecule has 1 aromatic heterocycles. The Morgan fingerprint density at radius 1 is 0.589 bits per heavy atom. The number of amides is 1. The molecule has 1 amide bonds. The predicted octanol–water partition coefficient (Wildman–Crippen LogP) is 8.77. The van der Waals surface area contributed by atoms with Gasteiger partial charge in [0, 0.05) is 18.8 Å². The van der Waals surface area contributed by atoms with Crippen LogP contribution in [-0.2, 0) is 30.3 Å². The Morgan fingerprint density at radius 3 is 1.30 bits per heavy atom. The smallest absolute Gasteiger partial charge is 0.329 e. The number of esters is 2. The first kappa shape index (κ1) is 53.9. The van der Waals surface area contributed by atoms with Crippen molar-refractivity contribution in [2.75, 3.05) is 13.2 Å². The number of aromatic amines is 1. The number of hydrogen-bond acceptors (Lipinski definition) is 7. The highest BCUT2D eigenvalue weighted by Crippen LogP contribution is 2.16. The summed E-state index contributed by atoms with van der Waals surface area (Å²) in [5.41, 5.74) is 6.10. The maximum atomic E-state index is 13.0. The molecule has 0 fully saturated rings. The minimum absolute atomic E-state index is 0. The van der Waals surface area contributed by atoms with Crippen molar-refractivity contribution in [3.63, 3.8) is 0 Å². The number of H-pyrrole nitrogens is 1. The SMILES string of the molecule is CCCCCCCCCCCCCCCCCCOC(=O)C[C@@H](NC(=O)[C@@H](N)Cc1ncc[nH]1)C(=O)OCCCCCCCCCCCCCCCCCC.[Cl-]. The Hall–Kier alpha value is -2.13. The normalized spacial score (nSPS) is 12.2. The van der Waals surface area contributed by atoms with E-state index >= 15 is 0 Å². The van der Waals surface area contributed by atoms with E-state index in [1.165, 1.54) is 167 Å². The number of carbonyl (C=O) groups is 3. The summed E-state index contributed by atoms with van der Waals surface area (Å²) in [5, 5.41) is 2.64. The van der Waals surface area contributed by atoms with Crippen LogP contribution in [0.25, 0.3) is 0 Å². The molecule has 0 unspecified atom stereocenters. The van der Waals surface area contributed by atoms with E-state index in [9.17, 15) is 14.4 Å². The Morgan fingerprint density at radius 2 is 0.946 bits per heavy atom. The fraction of sp³-hybridized carbons (Fsp3) is 0.870. The van der Waals surface area contributed by atoms with Gasteiger partial charge in [-0.15, -0.1) is 0 Å². The molecule has 56 heavy (non-hydrogen) atoms. The molecule has 0 saturated carbocycles. The Labute approximate surface area is 349 Å². The number of hydrogen-bond donors (Lipinski definition) is 3. The number of nitrogens with two attached hydrogens (primary N) is 1. The summed E-state index contributed by atoms with van der Waals surface area (Å²) >= 11 is 0. The molecular formula is C46H86ClN4O5-. The molecule has 0 aliphatic carbocycles. The molecule has 4 N–H and O–H groups in total. The van der Waals surface area contributed by atoms with Crippen molar-refractivity contribution >= 4 is 17.8 Å². The third-order valence-corrected chi connectivity index (χ3v) is 10.8. The van der Waals surface area contributed by atoms with E-state index in [2.05, 4.69) is 29.1 Å². The van der Waals surface area contributed by atoms with Crippen LogP contribution in [0.3, 0.4) is 0 Å². The summed E-state index contributed by atoms with van der Waals surface area (Å²) in [6.45, 7) is 5.11. The fourth-order valence-electron chi connectivity index (χ4n) is 7.17. The van der Waals surface area contributed by atoms with Crippen LogP contribution in [0.5, 0.6) is 0 Å². The quantitative estimate of drug-likeness (QED) is 0.0445. The highest BCUT2D eigenvalue weighted by atomic mass is 35.5. The number of rotatable bonds is 41. The maximum Gasteiger partial charge on any atom is 0.329 e. The molecule has 9 nitrogen and oxygen atoms in total. The fourth-order valence-corrected chi connectivity index (χ4v) is 7.17. The van der Waals surface area contributed by atoms with Gasteiger partial charge in [-0.2, -0.15) is 0 Å². The second-order valence-corrected chi connectivity index (χ2v) is 16.1. The van der Waals surface area contributed by atoms with Gasteiger partial charge >= 0.3 is 11.9 Å². The summed E-state index contributed by atoms with van der Waals surface area (Å²) in [6, 6.07) is -2.07. The molecule has 0 aromatic carbocycles. The summed E-state index contributed by atoms with van der Waals surface area (Å²) < 4.78 is 11.0. The number of aromatic nitrogens is 2. The van der Waals surface area contributed by atoms with Crippen molar-refractivity contribution in [1.82, 2.24) is 15.3 Å². The highest BCUT2D eigenvalue weighted by molar-refractivity contribution is 5.90. The Bertz CT molecular complexity index is 1010. The first-order valence-electron chi connectivity index (χ1n) is 23.3. The van der Waals surface area contributed by atoms with E-state index in [4.69, 9.17) is 15.2 Å². The van der Waals surface area contributed by atoms with Crippen LogP contribution < -0.4 is 23.5 Å². The first-order valence-corrected chi connectivity index (χ1v) is 23.3. The van der Waals surface area contributed by atoms with E-state index < -0.39 is 29.9 Å². The number of imidazole rings is 1. The minimum atomic E-state index is -1.14. The van der Waals surface area contributed by atoms with Gasteiger partial charge in [-0.3, -0.25) is 9.59 Å². The lowest BCUT2D eigenvalue weighted by Gasteiger charge is -2.19. The average molecular weight is 811 g/mol. The van der Waals surface area contributed by atoms with Gasteiger partial charge in [-0.05, 0) is 12.8 Å². The van der Waals surface area contributed by atoms with Gasteiger partial charge in [0.05, 0.1) is 25.7 Å². The summed E-state index contributed by atoms with van der Waals surface area (Å²) in [6.07, 6.45) is 44.0. The largest absolute Gasteiger partial charge is 1.00 e. The molecule has 0 aliphatic rings. The van der Waals surface area contributed by atoms with Crippen LogP contribution in [0, 0.1) is 0 Å². The molecule has 0 aliphatic heterocycles. The van der Waals surface area contributed by atoms with Gasteiger partial charge < -0.3 is 37.9 Å². The van der Waals surface area contributed by atoms with Gasteiger partial charge in [-0.25, -0.2) is 9.78 Å². The van der Waals surface area contributed by atoms with Gasteiger partial charge in [-0.1, -0.05) is 206 Å². The molecule has 0 spiro atoms. The monoisotopic (exact) mass is 810 g/mol. The molecule has 1 aromatic rings. The number of nitrogens with one attached hydrogen (secondary N) is 2. The van der Waals surface area contributed by atoms with E-state index in [1.54, 1.807) is 12.4 Å². The molecule has 1 heterocycles. The summed E-state index contributed by atoms with van der Waals surface area (Å²) in [7, 11) is 0. The average Bonchev–Trinajstić information content (AvgIpc) is 3.70. The topological polar surface area (TPSA) is 136 Å². The van der Waals surface area contributed by atoms with Crippen molar-refractivity contribution in [3.05, 3.63) is 18.2 Å². The molecule has 0 radical (unpaired) electrons. The van der Waals surface area contributed by atoms with E-state index in [0.717, 1.165) is 38.5 Å². The molecule has 0 bridgehead atoms. The lowest BCUT2D eigenvalue weighted by atomic mass is 10.0. The number of unbranched alkanes of at least 4 members (excludes halogenated alkanes) is 30. The van der Waals surface area contributed by atoms with Crippen LogP contribution in [0.4, 0.5) is 0 Å². The number of ether oxygens (including phenoxy) is 2. The second kappa shape index (κ2) is 41.0. The zero-order valence-corrected chi connectivity index (χ0v) is 37.0. The molecular weight excluding hydrogens is 724 g/mol. The third-order valence-electron chi connectivity index (χ3n) is 10.8. The van der Waals surface area contributed by atoms with Crippen LogP contribution in [-0.4, -0.2) is 53.1 Å². The summed E-state index contributed by atoms with van der Waals surface area (Å²) in [4.78, 5) is 45.7. The van der Waals surface area contributed by atoms with Crippen LogP contribution in [0.2, 0.25) is 0 Å². The molecule has 10 heteroatoms. The zero-order valence-electron chi connectivity index (χ0n) is 36.2. The van der Waals surface area contributed by atoms with Crippen LogP contribution >= 0.6 is 0 Å². The van der Waals surface area contributed by atoms with E-state index in [-0.39, 0.29) is 31.9 Å². The second-order valence-electron chi connectivity index (χ2n) is 16.1. The maximum absolute atomic E-state index is 13.0. The van der Waals surface area contributed by atoms with Gasteiger partial charge in [0.25, 0.3) is 0 Å². The predicted molar refractivity (Wildman–Crippen MR) is 228 cm³/mol. The highest BCUT2D eigenvalue weighted by Gasteiger charge is 2.28. The molecule has 0 saturated heterocycles. The van der Waals surface area contributed by atoms with E-state index in [0.29, 0.717) is 12.4 Å². The third kappa shape index (κ3) is 34.0. The van der Waals surface area contributed by atoms with Crippen molar-refractivity contribution < 1.29 is 36.3 Å². The van der Waals surface area contributed by atoms with Gasteiger partial charge in [0.2, 0.25) is 5.91 Å². The number of nitrogens with zero attached hydrogens (tertiary/aromatic N) is 1.